The van der Waals surface area contributed by atoms with Gasteiger partial charge in [0.15, 0.2) is 0 Å². The molecule has 0 aromatic carbocycles. The maximum Gasteiger partial charge on any atom is 0.0632 e. The highest BCUT2D eigenvalue weighted by atomic mass is 35.5. The van der Waals surface area contributed by atoms with Crippen molar-refractivity contribution in [3.63, 3.8) is 0 Å². The first-order chi connectivity index (χ1) is 4.74. The number of aliphatic hydroxyl groups is 1. The van der Waals surface area contributed by atoms with E-state index in [1.54, 1.807) is 11.3 Å². The van der Waals surface area contributed by atoms with Crippen LogP contribution in [0.3, 0.4) is 0 Å². The van der Waals surface area contributed by atoms with E-state index in [0.717, 1.165) is 4.88 Å². The van der Waals surface area contributed by atoms with E-state index in [2.05, 4.69) is 0 Å². The van der Waals surface area contributed by atoms with Crippen molar-refractivity contribution in [2.45, 2.75) is 13.0 Å². The van der Waals surface area contributed by atoms with Crippen LogP contribution < -0.4 is 5.73 Å². The average molecular weight is 194 g/mol. The molecule has 0 spiro atoms. The lowest BCUT2D eigenvalue weighted by Gasteiger charge is -2.02. The van der Waals surface area contributed by atoms with Gasteiger partial charge in [-0.15, -0.1) is 23.7 Å². The predicted molar refractivity (Wildman–Crippen MR) is 50.3 cm³/mol. The Kier molecular flexibility index (Phi) is 4.68. The number of hydrogen-bond donors (Lipinski definition) is 2. The summed E-state index contributed by atoms with van der Waals surface area (Å²) < 4.78 is 0. The van der Waals surface area contributed by atoms with Crippen LogP contribution in [0.15, 0.2) is 12.1 Å². The molecule has 0 aliphatic heterocycles. The fourth-order valence-electron chi connectivity index (χ4n) is 0.743. The van der Waals surface area contributed by atoms with Crippen LogP contribution in [0.2, 0.25) is 0 Å². The average Bonchev–Trinajstić information content (AvgIpc) is 2.34. The standard InChI is InChI=1S/C7H11NOS.ClH/c1-5-2-3-7(10-5)6(8)4-9;/h2-3,6,9H,4,8H2,1H3;1H/t6-;/m0./s1. The molecule has 1 heterocycles. The van der Waals surface area contributed by atoms with Gasteiger partial charge in [-0.1, -0.05) is 0 Å². The first-order valence-corrected chi connectivity index (χ1v) is 3.98. The van der Waals surface area contributed by atoms with E-state index < -0.39 is 0 Å². The predicted octanol–water partition coefficient (Wildman–Crippen LogP) is 1.47. The van der Waals surface area contributed by atoms with Crippen LogP contribution in [0.5, 0.6) is 0 Å². The summed E-state index contributed by atoms with van der Waals surface area (Å²) in [6.07, 6.45) is 0. The molecule has 11 heavy (non-hydrogen) atoms. The monoisotopic (exact) mass is 193 g/mol. The summed E-state index contributed by atoms with van der Waals surface area (Å²) in [6.45, 7) is 2.05. The molecule has 1 aromatic rings. The maximum atomic E-state index is 8.68. The lowest BCUT2D eigenvalue weighted by Crippen LogP contribution is -2.12. The molecule has 64 valence electrons. The second-order valence-corrected chi connectivity index (χ2v) is 3.56. The van der Waals surface area contributed by atoms with Crippen molar-refractivity contribution >= 4 is 23.7 Å². The second-order valence-electron chi connectivity index (χ2n) is 2.24. The Morgan fingerprint density at radius 3 is 2.64 bits per heavy atom. The molecule has 0 aliphatic rings. The van der Waals surface area contributed by atoms with E-state index in [1.165, 1.54) is 4.88 Å². The normalized spacial score (nSPS) is 12.3. The van der Waals surface area contributed by atoms with Gasteiger partial charge in [-0.05, 0) is 19.1 Å². The molecule has 3 N–H and O–H groups in total. The number of nitrogens with two attached hydrogens (primary N) is 1. The second kappa shape index (κ2) is 4.72. The Balaban J connectivity index is 0.000001000. The summed E-state index contributed by atoms with van der Waals surface area (Å²) in [4.78, 5) is 2.29. The molecule has 1 atom stereocenters. The molecule has 0 amide bonds. The van der Waals surface area contributed by atoms with Crippen LogP contribution in [-0.4, -0.2) is 11.7 Å². The first kappa shape index (κ1) is 10.9. The van der Waals surface area contributed by atoms with Crippen molar-refractivity contribution in [3.05, 3.63) is 21.9 Å². The SMILES string of the molecule is Cc1ccc([C@@H](N)CO)s1.Cl. The Labute approximate surface area is 76.5 Å². The summed E-state index contributed by atoms with van der Waals surface area (Å²) in [5.41, 5.74) is 5.57. The molecule has 0 bridgehead atoms. The van der Waals surface area contributed by atoms with Crippen LogP contribution in [0.25, 0.3) is 0 Å². The largest absolute Gasteiger partial charge is 0.394 e. The summed E-state index contributed by atoms with van der Waals surface area (Å²) in [5.74, 6) is 0. The molecule has 0 aliphatic carbocycles. The van der Waals surface area contributed by atoms with E-state index in [1.807, 2.05) is 19.1 Å². The highest BCUT2D eigenvalue weighted by molar-refractivity contribution is 7.12. The smallest absolute Gasteiger partial charge is 0.0632 e. The number of aliphatic hydroxyl groups excluding tert-OH is 1. The quantitative estimate of drug-likeness (QED) is 0.748. The van der Waals surface area contributed by atoms with Gasteiger partial charge in [0, 0.05) is 9.75 Å². The van der Waals surface area contributed by atoms with Crippen molar-refractivity contribution < 1.29 is 5.11 Å². The van der Waals surface area contributed by atoms with E-state index in [4.69, 9.17) is 10.8 Å². The Morgan fingerprint density at radius 1 is 1.64 bits per heavy atom. The molecular weight excluding hydrogens is 182 g/mol. The van der Waals surface area contributed by atoms with Gasteiger partial charge in [0.1, 0.15) is 0 Å². The van der Waals surface area contributed by atoms with Crippen molar-refractivity contribution in [1.29, 1.82) is 0 Å². The lowest BCUT2D eigenvalue weighted by atomic mass is 10.3. The van der Waals surface area contributed by atoms with Crippen LogP contribution in [0.4, 0.5) is 0 Å². The number of halogens is 1. The molecule has 0 fully saturated rings. The summed E-state index contributed by atoms with van der Waals surface area (Å²) in [7, 11) is 0. The van der Waals surface area contributed by atoms with Gasteiger partial charge in [0.2, 0.25) is 0 Å². The molecule has 4 heteroatoms. The van der Waals surface area contributed by atoms with Gasteiger partial charge < -0.3 is 10.8 Å². The Bertz CT molecular complexity index is 214. The molecular formula is C7H12ClNOS. The van der Waals surface area contributed by atoms with Crippen LogP contribution in [-0.2, 0) is 0 Å². The van der Waals surface area contributed by atoms with Gasteiger partial charge in [0.05, 0.1) is 12.6 Å². The van der Waals surface area contributed by atoms with Gasteiger partial charge in [0.25, 0.3) is 0 Å². The summed E-state index contributed by atoms with van der Waals surface area (Å²) >= 11 is 1.64. The third-order valence-electron chi connectivity index (χ3n) is 1.32. The Morgan fingerprint density at radius 2 is 2.27 bits per heavy atom. The minimum Gasteiger partial charge on any atom is -0.394 e. The summed E-state index contributed by atoms with van der Waals surface area (Å²) in [6, 6.07) is 3.77. The molecule has 0 saturated heterocycles. The fourth-order valence-corrected chi connectivity index (χ4v) is 1.61. The zero-order chi connectivity index (χ0) is 7.56. The fraction of sp³-hybridized carbons (Fsp3) is 0.429. The van der Waals surface area contributed by atoms with Crippen LogP contribution in [0, 0.1) is 6.92 Å². The maximum absolute atomic E-state index is 8.68. The van der Waals surface area contributed by atoms with Crippen molar-refractivity contribution in [3.8, 4) is 0 Å². The van der Waals surface area contributed by atoms with Gasteiger partial charge in [-0.25, -0.2) is 0 Å². The molecule has 0 unspecified atom stereocenters. The molecule has 1 rings (SSSR count). The molecule has 2 nitrogen and oxygen atoms in total. The molecule has 1 aromatic heterocycles. The third-order valence-corrected chi connectivity index (χ3v) is 2.46. The van der Waals surface area contributed by atoms with E-state index in [9.17, 15) is 0 Å². The van der Waals surface area contributed by atoms with Gasteiger partial charge in [-0.2, -0.15) is 0 Å². The lowest BCUT2D eigenvalue weighted by molar-refractivity contribution is 0.269. The molecule has 0 radical (unpaired) electrons. The highest BCUT2D eigenvalue weighted by Crippen LogP contribution is 2.20. The third kappa shape index (κ3) is 2.79. The van der Waals surface area contributed by atoms with Crippen molar-refractivity contribution in [2.24, 2.45) is 5.73 Å². The first-order valence-electron chi connectivity index (χ1n) is 3.17. The zero-order valence-electron chi connectivity index (χ0n) is 6.28. The minimum atomic E-state index is -0.196. The number of hydrogen-bond acceptors (Lipinski definition) is 3. The van der Waals surface area contributed by atoms with Crippen molar-refractivity contribution in [2.75, 3.05) is 6.61 Å². The zero-order valence-corrected chi connectivity index (χ0v) is 7.91. The Hall–Kier alpha value is -0.0900. The van der Waals surface area contributed by atoms with Crippen LogP contribution >= 0.6 is 23.7 Å². The van der Waals surface area contributed by atoms with Gasteiger partial charge in [-0.3, -0.25) is 0 Å². The number of aryl methyl sites for hydroxylation is 1. The van der Waals surface area contributed by atoms with Gasteiger partial charge >= 0.3 is 0 Å². The topological polar surface area (TPSA) is 46.2 Å². The summed E-state index contributed by atoms with van der Waals surface area (Å²) in [5, 5.41) is 8.68. The highest BCUT2D eigenvalue weighted by Gasteiger charge is 2.04. The molecule has 0 saturated carbocycles. The van der Waals surface area contributed by atoms with Crippen molar-refractivity contribution in [1.82, 2.24) is 0 Å². The number of rotatable bonds is 2. The van der Waals surface area contributed by atoms with E-state index in [0.29, 0.717) is 0 Å². The van der Waals surface area contributed by atoms with E-state index >= 15 is 0 Å². The number of thiophene rings is 1. The van der Waals surface area contributed by atoms with Crippen LogP contribution in [0.1, 0.15) is 15.8 Å². The van der Waals surface area contributed by atoms with E-state index in [-0.39, 0.29) is 25.1 Å². The minimum absolute atomic E-state index is 0.